The minimum atomic E-state index is -3.54. The Labute approximate surface area is 168 Å². The van der Waals surface area contributed by atoms with Crippen molar-refractivity contribution >= 4 is 43.2 Å². The zero-order chi connectivity index (χ0) is 19.6. The topological polar surface area (TPSA) is 66.5 Å². The normalized spacial score (nSPS) is 14.0. The van der Waals surface area contributed by atoms with Crippen molar-refractivity contribution in [3.8, 4) is 0 Å². The van der Waals surface area contributed by atoms with Gasteiger partial charge in [0.05, 0.1) is 11.4 Å². The molecule has 0 atom stereocenters. The summed E-state index contributed by atoms with van der Waals surface area (Å²) in [4.78, 5) is 13.9. The Hall–Kier alpha value is -2.12. The largest absolute Gasteiger partial charge is 0.308 e. The smallest absolute Gasteiger partial charge is 0.236 e. The lowest BCUT2D eigenvalue weighted by molar-refractivity contribution is -0.118. The van der Waals surface area contributed by atoms with Crippen molar-refractivity contribution in [1.82, 2.24) is 0 Å². The summed E-state index contributed by atoms with van der Waals surface area (Å²) >= 11 is 3.34. The Kier molecular flexibility index (Phi) is 5.72. The van der Waals surface area contributed by atoms with Crippen LogP contribution in [0.5, 0.6) is 0 Å². The molecule has 142 valence electrons. The number of carbonyl (C=O) groups excluding carboxylic acids is 1. The van der Waals surface area contributed by atoms with Crippen LogP contribution in [0.25, 0.3) is 0 Å². The molecule has 1 N–H and O–H groups in total. The fourth-order valence-electron chi connectivity index (χ4n) is 3.33. The Morgan fingerprint density at radius 1 is 1.22 bits per heavy atom. The van der Waals surface area contributed by atoms with E-state index in [2.05, 4.69) is 27.2 Å². The second-order valence-electron chi connectivity index (χ2n) is 6.58. The first-order valence-corrected chi connectivity index (χ1v) is 11.0. The van der Waals surface area contributed by atoms with Crippen LogP contribution in [0.15, 0.2) is 53.5 Å². The van der Waals surface area contributed by atoms with Gasteiger partial charge in [-0.15, -0.1) is 6.58 Å². The van der Waals surface area contributed by atoms with Crippen LogP contribution in [0.1, 0.15) is 23.1 Å². The highest BCUT2D eigenvalue weighted by Gasteiger charge is 2.26. The first-order chi connectivity index (χ1) is 12.8. The molecule has 0 saturated carbocycles. The van der Waals surface area contributed by atoms with Gasteiger partial charge in [-0.2, -0.15) is 0 Å². The van der Waals surface area contributed by atoms with Gasteiger partial charge in [-0.1, -0.05) is 34.1 Å². The summed E-state index contributed by atoms with van der Waals surface area (Å²) in [6, 6.07) is 10.8. The molecule has 0 spiro atoms. The number of rotatable bonds is 6. The Morgan fingerprint density at radius 3 is 2.59 bits per heavy atom. The first kappa shape index (κ1) is 19.6. The van der Waals surface area contributed by atoms with Gasteiger partial charge in [-0.05, 0) is 54.3 Å². The van der Waals surface area contributed by atoms with Gasteiger partial charge in [0.25, 0.3) is 0 Å². The van der Waals surface area contributed by atoms with Crippen LogP contribution in [-0.4, -0.2) is 20.9 Å². The number of aryl methyl sites for hydroxylation is 2. The zero-order valence-electron chi connectivity index (χ0n) is 15.0. The molecule has 0 aliphatic carbocycles. The summed E-state index contributed by atoms with van der Waals surface area (Å²) < 4.78 is 28.7. The number of anilines is 2. The van der Waals surface area contributed by atoms with E-state index >= 15 is 0 Å². The Balaban J connectivity index is 1.86. The summed E-state index contributed by atoms with van der Waals surface area (Å²) in [5.74, 6) is -0.0358. The highest BCUT2D eigenvalue weighted by molar-refractivity contribution is 9.10. The molecule has 2 aromatic carbocycles. The number of nitrogens with one attached hydrogen (secondary N) is 1. The summed E-state index contributed by atoms with van der Waals surface area (Å²) in [7, 11) is -3.54. The molecule has 3 rings (SSSR count). The van der Waals surface area contributed by atoms with Gasteiger partial charge in [0.1, 0.15) is 0 Å². The van der Waals surface area contributed by atoms with Crippen molar-refractivity contribution in [3.63, 3.8) is 0 Å². The highest BCUT2D eigenvalue weighted by Crippen LogP contribution is 2.34. The van der Waals surface area contributed by atoms with E-state index in [1.807, 2.05) is 25.1 Å². The molecule has 0 bridgehead atoms. The lowest BCUT2D eigenvalue weighted by Crippen LogP contribution is -2.35. The average Bonchev–Trinajstić information content (AvgIpc) is 2.59. The number of amides is 1. The van der Waals surface area contributed by atoms with E-state index < -0.39 is 10.0 Å². The van der Waals surface area contributed by atoms with Crippen LogP contribution in [0.3, 0.4) is 0 Å². The third-order valence-electron chi connectivity index (χ3n) is 4.41. The van der Waals surface area contributed by atoms with E-state index in [0.29, 0.717) is 30.6 Å². The van der Waals surface area contributed by atoms with Crippen molar-refractivity contribution in [1.29, 1.82) is 0 Å². The van der Waals surface area contributed by atoms with Gasteiger partial charge in [0.2, 0.25) is 15.9 Å². The maximum absolute atomic E-state index is 12.6. The Bertz CT molecular complexity index is 985. The molecule has 1 amide bonds. The number of hydrogen-bond acceptors (Lipinski definition) is 3. The van der Waals surface area contributed by atoms with Crippen molar-refractivity contribution in [2.24, 2.45) is 0 Å². The number of hydrogen-bond donors (Lipinski definition) is 1. The molecular formula is C20H21BrN2O3S. The number of carbonyl (C=O) groups is 1. The summed E-state index contributed by atoms with van der Waals surface area (Å²) in [5.41, 5.74) is 3.93. The van der Waals surface area contributed by atoms with Crippen LogP contribution in [0.4, 0.5) is 11.4 Å². The number of sulfonamides is 1. The third kappa shape index (κ3) is 4.59. The van der Waals surface area contributed by atoms with Crippen LogP contribution in [0, 0.1) is 6.92 Å². The van der Waals surface area contributed by atoms with E-state index in [4.69, 9.17) is 0 Å². The second kappa shape index (κ2) is 7.86. The summed E-state index contributed by atoms with van der Waals surface area (Å²) in [6.45, 7) is 6.05. The molecule has 1 aliphatic heterocycles. The van der Waals surface area contributed by atoms with Crippen molar-refractivity contribution < 1.29 is 13.2 Å². The van der Waals surface area contributed by atoms with Gasteiger partial charge >= 0.3 is 0 Å². The lowest BCUT2D eigenvalue weighted by atomic mass is 9.97. The number of halogens is 1. The Morgan fingerprint density at radius 2 is 1.93 bits per heavy atom. The maximum atomic E-state index is 12.6. The van der Waals surface area contributed by atoms with E-state index in [-0.39, 0.29) is 11.7 Å². The molecule has 0 unspecified atom stereocenters. The zero-order valence-corrected chi connectivity index (χ0v) is 17.4. The molecular weight excluding hydrogens is 428 g/mol. The predicted octanol–water partition coefficient (Wildman–Crippen LogP) is 4.16. The maximum Gasteiger partial charge on any atom is 0.236 e. The lowest BCUT2D eigenvalue weighted by Gasteiger charge is -2.30. The van der Waals surface area contributed by atoms with Crippen molar-refractivity contribution in [2.75, 3.05) is 16.2 Å². The van der Waals surface area contributed by atoms with Crippen LogP contribution in [0.2, 0.25) is 0 Å². The first-order valence-electron chi connectivity index (χ1n) is 8.59. The van der Waals surface area contributed by atoms with Gasteiger partial charge < -0.3 is 4.90 Å². The molecule has 0 saturated heterocycles. The molecule has 7 heteroatoms. The SMILES string of the molecule is C=CCN1C(=O)CCc2cc(NS(=O)(=O)Cc3ccc(Br)cc3)cc(C)c21. The van der Waals surface area contributed by atoms with Gasteiger partial charge in [-0.3, -0.25) is 9.52 Å². The van der Waals surface area contributed by atoms with Crippen LogP contribution in [-0.2, 0) is 27.0 Å². The molecule has 27 heavy (non-hydrogen) atoms. The van der Waals surface area contributed by atoms with Gasteiger partial charge in [-0.25, -0.2) is 8.42 Å². The van der Waals surface area contributed by atoms with Crippen molar-refractivity contribution in [2.45, 2.75) is 25.5 Å². The molecule has 0 radical (unpaired) electrons. The highest BCUT2D eigenvalue weighted by atomic mass is 79.9. The fourth-order valence-corrected chi connectivity index (χ4v) is 4.77. The number of nitrogens with zero attached hydrogens (tertiary/aromatic N) is 1. The second-order valence-corrected chi connectivity index (χ2v) is 9.22. The van der Waals surface area contributed by atoms with E-state index in [1.54, 1.807) is 29.2 Å². The number of fused-ring (bicyclic) bond motifs is 1. The molecule has 2 aromatic rings. The average molecular weight is 449 g/mol. The van der Waals surface area contributed by atoms with Crippen LogP contribution >= 0.6 is 15.9 Å². The monoisotopic (exact) mass is 448 g/mol. The standard InChI is InChI=1S/C20H21BrN2O3S/c1-3-10-23-19(24)9-6-16-12-18(11-14(2)20(16)23)22-27(25,26)13-15-4-7-17(21)8-5-15/h3-5,7-8,11-12,22H,1,6,9-10,13H2,2H3. The van der Waals surface area contributed by atoms with E-state index in [0.717, 1.165) is 21.3 Å². The fraction of sp³-hybridized carbons (Fsp3) is 0.250. The minimum absolute atomic E-state index is 0.0640. The summed E-state index contributed by atoms with van der Waals surface area (Å²) in [5, 5.41) is 0. The minimum Gasteiger partial charge on any atom is -0.308 e. The molecule has 0 aromatic heterocycles. The molecule has 1 heterocycles. The van der Waals surface area contributed by atoms with E-state index in [1.165, 1.54) is 0 Å². The summed E-state index contributed by atoms with van der Waals surface area (Å²) in [6.07, 6.45) is 2.71. The van der Waals surface area contributed by atoms with Crippen molar-refractivity contribution in [3.05, 3.63) is 70.2 Å². The molecule has 5 nitrogen and oxygen atoms in total. The van der Waals surface area contributed by atoms with Crippen LogP contribution < -0.4 is 9.62 Å². The quantitative estimate of drug-likeness (QED) is 0.674. The predicted molar refractivity (Wildman–Crippen MR) is 112 cm³/mol. The van der Waals surface area contributed by atoms with E-state index in [9.17, 15) is 13.2 Å². The molecule has 1 aliphatic rings. The van der Waals surface area contributed by atoms with Gasteiger partial charge in [0.15, 0.2) is 0 Å². The third-order valence-corrected chi connectivity index (χ3v) is 6.20. The molecule has 0 fully saturated rings. The van der Waals surface area contributed by atoms with Gasteiger partial charge in [0, 0.05) is 23.1 Å². The number of benzene rings is 2.